The van der Waals surface area contributed by atoms with Crippen molar-refractivity contribution in [1.29, 1.82) is 0 Å². The maximum Gasteiger partial charge on any atom is 0.472 e. The number of phosphoric acid groups is 1. The van der Waals surface area contributed by atoms with Gasteiger partial charge in [0, 0.05) is 12.8 Å². The van der Waals surface area contributed by atoms with Crippen LogP contribution in [0.3, 0.4) is 0 Å². The van der Waals surface area contributed by atoms with Gasteiger partial charge in [-0.05, 0) is 83.1 Å². The van der Waals surface area contributed by atoms with E-state index >= 15 is 0 Å². The van der Waals surface area contributed by atoms with E-state index in [9.17, 15) is 19.0 Å². The van der Waals surface area contributed by atoms with Crippen LogP contribution in [0.1, 0.15) is 258 Å². The summed E-state index contributed by atoms with van der Waals surface area (Å²) in [5.41, 5.74) is 0. The molecule has 398 valence electrons. The molecule has 0 aliphatic carbocycles. The van der Waals surface area contributed by atoms with E-state index in [0.717, 1.165) is 89.9 Å². The van der Waals surface area contributed by atoms with E-state index in [1.165, 1.54) is 135 Å². The molecule has 68 heavy (non-hydrogen) atoms. The summed E-state index contributed by atoms with van der Waals surface area (Å²) in [6, 6.07) is -0.852. The van der Waals surface area contributed by atoms with Gasteiger partial charge < -0.3 is 19.4 Å². The predicted molar refractivity (Wildman–Crippen MR) is 291 cm³/mol. The van der Waals surface area contributed by atoms with Crippen LogP contribution in [0.4, 0.5) is 0 Å². The summed E-state index contributed by atoms with van der Waals surface area (Å²) in [7, 11) is 1.49. The van der Waals surface area contributed by atoms with Gasteiger partial charge in [0.2, 0.25) is 5.91 Å². The lowest BCUT2D eigenvalue weighted by Gasteiger charge is -2.27. The molecule has 0 heterocycles. The van der Waals surface area contributed by atoms with Crippen molar-refractivity contribution in [1.82, 2.24) is 5.32 Å². The molecule has 0 aliphatic heterocycles. The predicted octanol–water partition coefficient (Wildman–Crippen LogP) is 16.9. The fourth-order valence-corrected chi connectivity index (χ4v) is 8.83. The van der Waals surface area contributed by atoms with E-state index in [0.29, 0.717) is 17.4 Å². The lowest BCUT2D eigenvalue weighted by molar-refractivity contribution is -0.870. The van der Waals surface area contributed by atoms with Crippen LogP contribution in [0.5, 0.6) is 0 Å². The minimum atomic E-state index is -4.44. The van der Waals surface area contributed by atoms with Gasteiger partial charge in [0.05, 0.1) is 33.8 Å². The highest BCUT2D eigenvalue weighted by molar-refractivity contribution is 7.47. The first-order valence-electron chi connectivity index (χ1n) is 28.5. The lowest BCUT2D eigenvalue weighted by atomic mass is 10.0. The molecule has 3 atom stereocenters. The fourth-order valence-electron chi connectivity index (χ4n) is 8.09. The number of quaternary nitrogens is 1. The van der Waals surface area contributed by atoms with Crippen LogP contribution < -0.4 is 5.32 Å². The summed E-state index contributed by atoms with van der Waals surface area (Å²) < 4.78 is 30.6. The SMILES string of the molecule is CC/C=C/C/C=C/CCCCCCCCCC(=O)NC(COP(=O)(O)OCC[N+](C)(C)C)C(/C=C/CCCCCCCCCCCCC)OC(=O)CCCCCCCCC/C=C\CCCCCC. The minimum absolute atomic E-state index is 0.0379. The molecule has 0 aliphatic rings. The van der Waals surface area contributed by atoms with E-state index in [-0.39, 0.29) is 31.5 Å². The lowest BCUT2D eigenvalue weighted by Crippen LogP contribution is -2.47. The number of nitrogens with one attached hydrogen (secondary N) is 1. The zero-order valence-corrected chi connectivity index (χ0v) is 46.2. The number of carbonyl (C=O) groups excluding carboxylic acids is 2. The Kier molecular flexibility index (Phi) is 47.1. The fraction of sp³-hybridized carbons (Fsp3) is 0.828. The zero-order chi connectivity index (χ0) is 50.1. The van der Waals surface area contributed by atoms with Gasteiger partial charge in [-0.3, -0.25) is 18.6 Å². The van der Waals surface area contributed by atoms with Gasteiger partial charge in [0.15, 0.2) is 0 Å². The molecule has 1 amide bonds. The van der Waals surface area contributed by atoms with Crippen molar-refractivity contribution in [2.24, 2.45) is 0 Å². The van der Waals surface area contributed by atoms with Crippen LogP contribution in [0.25, 0.3) is 0 Å². The maximum absolute atomic E-state index is 13.5. The van der Waals surface area contributed by atoms with Gasteiger partial charge in [-0.15, -0.1) is 0 Å². The number of likely N-dealkylation sites (N-methyl/N-ethyl adjacent to an activating group) is 1. The van der Waals surface area contributed by atoms with Crippen molar-refractivity contribution < 1.29 is 37.3 Å². The van der Waals surface area contributed by atoms with Crippen LogP contribution in [0.2, 0.25) is 0 Å². The molecule has 0 aromatic carbocycles. The number of phosphoric ester groups is 1. The smallest absolute Gasteiger partial charge is 0.456 e. The Morgan fingerprint density at radius 2 is 0.941 bits per heavy atom. The molecule has 0 aromatic rings. The second kappa shape index (κ2) is 48.6. The maximum atomic E-state index is 13.5. The molecular formula is C58H110N2O7P+. The second-order valence-corrected chi connectivity index (χ2v) is 21.9. The molecule has 0 saturated carbocycles. The Balaban J connectivity index is 5.39. The van der Waals surface area contributed by atoms with Crippen molar-refractivity contribution in [2.45, 2.75) is 270 Å². The summed E-state index contributed by atoms with van der Waals surface area (Å²) in [5.74, 6) is -0.516. The number of carbonyl (C=O) groups is 2. The topological polar surface area (TPSA) is 111 Å². The molecule has 2 N–H and O–H groups in total. The molecule has 0 saturated heterocycles. The number of hydrogen-bond donors (Lipinski definition) is 2. The third-order valence-electron chi connectivity index (χ3n) is 12.5. The van der Waals surface area contributed by atoms with E-state index in [4.69, 9.17) is 13.8 Å². The molecule has 0 bridgehead atoms. The molecule has 0 rings (SSSR count). The Bertz CT molecular complexity index is 1310. The number of unbranched alkanes of at least 4 members (excludes halogenated alkanes) is 29. The Hall–Kier alpha value is -2.03. The van der Waals surface area contributed by atoms with Gasteiger partial charge >= 0.3 is 13.8 Å². The average molecular weight is 978 g/mol. The first kappa shape index (κ1) is 66.0. The number of esters is 1. The largest absolute Gasteiger partial charge is 0.472 e. The zero-order valence-electron chi connectivity index (χ0n) is 45.3. The second-order valence-electron chi connectivity index (χ2n) is 20.4. The standard InChI is InChI=1S/C58H109N2O7P/c1-7-10-13-16-19-22-25-28-30-33-36-39-42-45-48-51-58(62)67-56(49-46-43-40-37-34-31-27-24-21-18-15-12-9-3)55(54-66-68(63,64)65-53-52-60(4,5)6)59-57(61)50-47-44-41-38-35-32-29-26-23-20-17-14-11-8-2/h11,14,20,22-23,25,46,49,55-56H,7-10,12-13,15-19,21,24,26-45,47-48,50-54H2,1-6H3,(H-,59,61,63,64)/p+1/b14-11+,23-20+,25-22-,49-46+. The van der Waals surface area contributed by atoms with Crippen molar-refractivity contribution in [3.05, 3.63) is 48.6 Å². The molecule has 3 unspecified atom stereocenters. The highest BCUT2D eigenvalue weighted by Crippen LogP contribution is 2.43. The van der Waals surface area contributed by atoms with Crippen LogP contribution in [-0.4, -0.2) is 74.3 Å². The van der Waals surface area contributed by atoms with Gasteiger partial charge in [-0.25, -0.2) is 4.57 Å². The molecule has 0 fully saturated rings. The summed E-state index contributed by atoms with van der Waals surface area (Å²) >= 11 is 0. The van der Waals surface area contributed by atoms with E-state index in [1.54, 1.807) is 0 Å². The monoisotopic (exact) mass is 978 g/mol. The highest BCUT2D eigenvalue weighted by Gasteiger charge is 2.30. The number of ether oxygens (including phenoxy) is 1. The molecule has 9 nitrogen and oxygen atoms in total. The number of hydrogen-bond acceptors (Lipinski definition) is 6. The minimum Gasteiger partial charge on any atom is -0.456 e. The van der Waals surface area contributed by atoms with Gasteiger partial charge in [-0.1, -0.05) is 211 Å². The van der Waals surface area contributed by atoms with Crippen LogP contribution in [0.15, 0.2) is 48.6 Å². The summed E-state index contributed by atoms with van der Waals surface area (Å²) in [5, 5.41) is 3.04. The molecule has 0 aromatic heterocycles. The molecule has 0 radical (unpaired) electrons. The summed E-state index contributed by atoms with van der Waals surface area (Å²) in [6.45, 7) is 6.89. The van der Waals surface area contributed by atoms with Crippen molar-refractivity contribution >= 4 is 19.7 Å². The summed E-state index contributed by atoms with van der Waals surface area (Å²) in [4.78, 5) is 37.6. The number of nitrogens with zero attached hydrogens (tertiary/aromatic N) is 1. The Morgan fingerprint density at radius 3 is 1.43 bits per heavy atom. The van der Waals surface area contributed by atoms with Gasteiger partial charge in [0.1, 0.15) is 19.3 Å². The Labute approximate surface area is 420 Å². The number of rotatable bonds is 51. The molecule has 0 spiro atoms. The van der Waals surface area contributed by atoms with Crippen molar-refractivity contribution in [3.63, 3.8) is 0 Å². The van der Waals surface area contributed by atoms with E-state index in [1.807, 2.05) is 33.3 Å². The summed E-state index contributed by atoms with van der Waals surface area (Å²) in [6.07, 6.45) is 58.1. The van der Waals surface area contributed by atoms with Crippen LogP contribution in [-0.2, 0) is 27.9 Å². The van der Waals surface area contributed by atoms with Crippen LogP contribution in [0, 0.1) is 0 Å². The first-order chi connectivity index (χ1) is 32.9. The van der Waals surface area contributed by atoms with Gasteiger partial charge in [0.25, 0.3) is 0 Å². The van der Waals surface area contributed by atoms with E-state index in [2.05, 4.69) is 62.5 Å². The first-order valence-corrected chi connectivity index (χ1v) is 30.0. The Morgan fingerprint density at radius 1 is 0.529 bits per heavy atom. The highest BCUT2D eigenvalue weighted by atomic mass is 31.2. The van der Waals surface area contributed by atoms with Crippen molar-refractivity contribution in [2.75, 3.05) is 40.9 Å². The van der Waals surface area contributed by atoms with Crippen LogP contribution >= 0.6 is 7.82 Å². The third kappa shape index (κ3) is 49.0. The average Bonchev–Trinajstić information content (AvgIpc) is 3.29. The third-order valence-corrected chi connectivity index (χ3v) is 13.5. The van der Waals surface area contributed by atoms with E-state index < -0.39 is 20.0 Å². The molecule has 10 heteroatoms. The number of allylic oxidation sites excluding steroid dienone is 7. The quantitative estimate of drug-likeness (QED) is 0.0205. The van der Waals surface area contributed by atoms with Gasteiger partial charge in [-0.2, -0.15) is 0 Å². The normalized spacial score (nSPS) is 14.2. The number of amides is 1. The molecular weight excluding hydrogens is 868 g/mol. The van der Waals surface area contributed by atoms with Crippen molar-refractivity contribution in [3.8, 4) is 0 Å².